The summed E-state index contributed by atoms with van der Waals surface area (Å²) in [6.07, 6.45) is 1.54. The van der Waals surface area contributed by atoms with E-state index in [9.17, 15) is 4.79 Å². The van der Waals surface area contributed by atoms with Gasteiger partial charge in [-0.15, -0.1) is 0 Å². The second-order valence-electron chi connectivity index (χ2n) is 6.49. The van der Waals surface area contributed by atoms with Crippen LogP contribution in [0.15, 0.2) is 71.8 Å². The van der Waals surface area contributed by atoms with Gasteiger partial charge in [-0.25, -0.2) is 5.43 Å². The minimum atomic E-state index is -0.332. The van der Waals surface area contributed by atoms with Crippen molar-refractivity contribution >= 4 is 23.7 Å². The molecular weight excluding hydrogens is 416 g/mol. The van der Waals surface area contributed by atoms with Crippen molar-refractivity contribution in [2.75, 3.05) is 13.7 Å². The number of methoxy groups -OCH3 is 1. The molecule has 31 heavy (non-hydrogen) atoms. The van der Waals surface area contributed by atoms with Crippen molar-refractivity contribution in [3.8, 4) is 17.2 Å². The Hall–Kier alpha value is -3.51. The molecule has 1 amide bonds. The van der Waals surface area contributed by atoms with Gasteiger partial charge >= 0.3 is 0 Å². The molecule has 0 aliphatic carbocycles. The van der Waals surface area contributed by atoms with Crippen LogP contribution in [0.4, 0.5) is 0 Å². The number of amides is 1. The Bertz CT molecular complexity index is 1070. The highest BCUT2D eigenvalue weighted by Crippen LogP contribution is 2.29. The van der Waals surface area contributed by atoms with Gasteiger partial charge in [-0.2, -0.15) is 5.10 Å². The van der Waals surface area contributed by atoms with Crippen LogP contribution in [0.1, 0.15) is 28.4 Å². The number of rotatable bonds is 9. The molecular formula is C24H23ClN2O4. The summed E-state index contributed by atoms with van der Waals surface area (Å²) < 4.78 is 16.7. The number of benzene rings is 3. The Morgan fingerprint density at radius 2 is 1.87 bits per heavy atom. The van der Waals surface area contributed by atoms with E-state index in [0.29, 0.717) is 41.0 Å². The summed E-state index contributed by atoms with van der Waals surface area (Å²) in [5, 5.41) is 4.69. The molecule has 0 spiro atoms. The zero-order chi connectivity index (χ0) is 22.1. The van der Waals surface area contributed by atoms with Gasteiger partial charge in [0.2, 0.25) is 0 Å². The van der Waals surface area contributed by atoms with E-state index < -0.39 is 0 Å². The van der Waals surface area contributed by atoms with Crippen molar-refractivity contribution in [1.82, 2.24) is 5.43 Å². The maximum absolute atomic E-state index is 12.2. The van der Waals surface area contributed by atoms with E-state index in [0.717, 1.165) is 11.1 Å². The molecule has 0 aliphatic rings. The van der Waals surface area contributed by atoms with E-state index in [4.69, 9.17) is 25.8 Å². The first-order valence-electron chi connectivity index (χ1n) is 9.70. The summed E-state index contributed by atoms with van der Waals surface area (Å²) in [4.78, 5) is 12.2. The van der Waals surface area contributed by atoms with E-state index in [1.807, 2.05) is 37.3 Å². The van der Waals surface area contributed by atoms with Gasteiger partial charge in [0.25, 0.3) is 5.91 Å². The summed E-state index contributed by atoms with van der Waals surface area (Å²) in [5.41, 5.74) is 4.68. The Kier molecular flexibility index (Phi) is 7.90. The Labute approximate surface area is 186 Å². The predicted octanol–water partition coefficient (Wildman–Crippen LogP) is 5.09. The predicted molar refractivity (Wildman–Crippen MR) is 121 cm³/mol. The van der Waals surface area contributed by atoms with Gasteiger partial charge in [0.1, 0.15) is 12.4 Å². The first kappa shape index (κ1) is 22.2. The van der Waals surface area contributed by atoms with Crippen LogP contribution in [0.2, 0.25) is 5.02 Å². The zero-order valence-corrected chi connectivity index (χ0v) is 18.1. The molecule has 160 valence electrons. The SMILES string of the molecule is CCOc1cc(/C=N/NC(=O)c2cccc(OC)c2)ccc1OCc1cccc(Cl)c1. The second-order valence-corrected chi connectivity index (χ2v) is 6.93. The fourth-order valence-corrected chi connectivity index (χ4v) is 2.99. The minimum absolute atomic E-state index is 0.332. The van der Waals surface area contributed by atoms with Crippen molar-refractivity contribution < 1.29 is 19.0 Å². The van der Waals surface area contributed by atoms with Crippen molar-refractivity contribution in [2.24, 2.45) is 5.10 Å². The number of hydrazone groups is 1. The van der Waals surface area contributed by atoms with Gasteiger partial charge in [-0.05, 0) is 66.6 Å². The third-order valence-electron chi connectivity index (χ3n) is 4.26. The molecule has 0 heterocycles. The van der Waals surface area contributed by atoms with Crippen LogP contribution in [-0.4, -0.2) is 25.8 Å². The molecule has 0 aliphatic heterocycles. The lowest BCUT2D eigenvalue weighted by molar-refractivity contribution is 0.0955. The number of carbonyl (C=O) groups excluding carboxylic acids is 1. The average Bonchev–Trinajstić information content (AvgIpc) is 2.79. The van der Waals surface area contributed by atoms with E-state index in [2.05, 4.69) is 10.5 Å². The number of hydrogen-bond acceptors (Lipinski definition) is 5. The number of nitrogens with zero attached hydrogens (tertiary/aromatic N) is 1. The third-order valence-corrected chi connectivity index (χ3v) is 4.50. The largest absolute Gasteiger partial charge is 0.497 e. The molecule has 0 fully saturated rings. The molecule has 0 atom stereocenters. The molecule has 0 saturated heterocycles. The van der Waals surface area contributed by atoms with Crippen molar-refractivity contribution in [3.05, 3.63) is 88.4 Å². The van der Waals surface area contributed by atoms with Gasteiger partial charge in [0.15, 0.2) is 11.5 Å². The van der Waals surface area contributed by atoms with Crippen LogP contribution in [0.25, 0.3) is 0 Å². The van der Waals surface area contributed by atoms with Gasteiger partial charge in [0.05, 0.1) is 19.9 Å². The van der Waals surface area contributed by atoms with Crippen LogP contribution in [-0.2, 0) is 6.61 Å². The zero-order valence-electron chi connectivity index (χ0n) is 17.3. The van der Waals surface area contributed by atoms with Gasteiger partial charge in [0, 0.05) is 10.6 Å². The Balaban J connectivity index is 1.65. The molecule has 0 radical (unpaired) electrons. The van der Waals surface area contributed by atoms with Crippen LogP contribution < -0.4 is 19.6 Å². The lowest BCUT2D eigenvalue weighted by Gasteiger charge is -2.12. The molecule has 3 aromatic rings. The van der Waals surface area contributed by atoms with E-state index in [1.165, 1.54) is 0 Å². The maximum Gasteiger partial charge on any atom is 0.271 e. The highest BCUT2D eigenvalue weighted by atomic mass is 35.5. The van der Waals surface area contributed by atoms with Gasteiger partial charge < -0.3 is 14.2 Å². The molecule has 3 aromatic carbocycles. The quantitative estimate of drug-likeness (QED) is 0.373. The molecule has 6 nitrogen and oxygen atoms in total. The average molecular weight is 439 g/mol. The highest BCUT2D eigenvalue weighted by molar-refractivity contribution is 6.30. The lowest BCUT2D eigenvalue weighted by atomic mass is 10.2. The monoisotopic (exact) mass is 438 g/mol. The van der Waals surface area contributed by atoms with Gasteiger partial charge in [-0.1, -0.05) is 29.8 Å². The molecule has 0 unspecified atom stereocenters. The normalized spacial score (nSPS) is 10.7. The summed E-state index contributed by atoms with van der Waals surface area (Å²) in [6, 6.07) is 19.8. The van der Waals surface area contributed by atoms with Crippen LogP contribution in [0, 0.1) is 0 Å². The fourth-order valence-electron chi connectivity index (χ4n) is 2.77. The van der Waals surface area contributed by atoms with E-state index >= 15 is 0 Å². The second kappa shape index (κ2) is 11.0. The summed E-state index contributed by atoms with van der Waals surface area (Å²) in [6.45, 7) is 2.75. The molecule has 0 saturated carbocycles. The Morgan fingerprint density at radius 3 is 2.65 bits per heavy atom. The van der Waals surface area contributed by atoms with Crippen molar-refractivity contribution in [3.63, 3.8) is 0 Å². The van der Waals surface area contributed by atoms with Gasteiger partial charge in [-0.3, -0.25) is 4.79 Å². The Morgan fingerprint density at radius 1 is 1.03 bits per heavy atom. The van der Waals surface area contributed by atoms with Crippen LogP contribution >= 0.6 is 11.6 Å². The number of nitrogens with one attached hydrogen (secondary N) is 1. The number of halogens is 1. The molecule has 7 heteroatoms. The molecule has 1 N–H and O–H groups in total. The van der Waals surface area contributed by atoms with Crippen molar-refractivity contribution in [1.29, 1.82) is 0 Å². The van der Waals surface area contributed by atoms with E-state index in [1.54, 1.807) is 49.7 Å². The molecule has 0 bridgehead atoms. The maximum atomic E-state index is 12.2. The van der Waals surface area contributed by atoms with E-state index in [-0.39, 0.29) is 5.91 Å². The van der Waals surface area contributed by atoms with Crippen molar-refractivity contribution in [2.45, 2.75) is 13.5 Å². The van der Waals surface area contributed by atoms with Crippen LogP contribution in [0.3, 0.4) is 0 Å². The summed E-state index contributed by atoms with van der Waals surface area (Å²) in [5.74, 6) is 1.47. The number of ether oxygens (including phenoxy) is 3. The molecule has 3 rings (SSSR count). The first-order valence-corrected chi connectivity index (χ1v) is 10.1. The standard InChI is InChI=1S/C24H23ClN2O4/c1-3-30-23-13-17(10-11-22(23)31-16-18-6-4-8-20(25)12-18)15-26-27-24(28)19-7-5-9-21(14-19)29-2/h4-15H,3,16H2,1-2H3,(H,27,28)/b26-15+. The number of hydrogen-bond donors (Lipinski definition) is 1. The third kappa shape index (κ3) is 6.49. The topological polar surface area (TPSA) is 69.2 Å². The summed E-state index contributed by atoms with van der Waals surface area (Å²) >= 11 is 6.02. The smallest absolute Gasteiger partial charge is 0.271 e. The highest BCUT2D eigenvalue weighted by Gasteiger charge is 2.08. The van der Waals surface area contributed by atoms with Crippen LogP contribution in [0.5, 0.6) is 17.2 Å². The molecule has 0 aromatic heterocycles. The lowest BCUT2D eigenvalue weighted by Crippen LogP contribution is -2.17. The summed E-state index contributed by atoms with van der Waals surface area (Å²) in [7, 11) is 1.55. The number of carbonyl (C=O) groups is 1. The minimum Gasteiger partial charge on any atom is -0.497 e. The fraction of sp³-hybridized carbons (Fsp3) is 0.167. The first-order chi connectivity index (χ1) is 15.1.